The van der Waals surface area contributed by atoms with Gasteiger partial charge in [0.1, 0.15) is 0 Å². The molecular formula is C38H23N3. The van der Waals surface area contributed by atoms with Gasteiger partial charge in [0.25, 0.3) is 0 Å². The van der Waals surface area contributed by atoms with Gasteiger partial charge >= 0.3 is 0 Å². The van der Waals surface area contributed by atoms with Crippen LogP contribution < -0.4 is 0 Å². The maximum absolute atomic E-state index is 5.36. The Morgan fingerprint density at radius 3 is 1.80 bits per heavy atom. The number of rotatable bonds is 2. The van der Waals surface area contributed by atoms with Crippen LogP contribution in [-0.2, 0) is 0 Å². The zero-order valence-electron chi connectivity index (χ0n) is 22.1. The second-order valence-electron chi connectivity index (χ2n) is 10.6. The van der Waals surface area contributed by atoms with E-state index in [1.807, 2.05) is 6.07 Å². The molecule has 0 N–H and O–H groups in total. The van der Waals surface area contributed by atoms with Crippen LogP contribution in [-0.4, -0.2) is 14.5 Å². The molecule has 7 aromatic carbocycles. The number of aromatic nitrogens is 3. The van der Waals surface area contributed by atoms with Crippen molar-refractivity contribution in [1.29, 1.82) is 0 Å². The molecule has 0 aliphatic heterocycles. The van der Waals surface area contributed by atoms with Gasteiger partial charge in [0.05, 0.1) is 22.2 Å². The summed E-state index contributed by atoms with van der Waals surface area (Å²) in [4.78, 5) is 10.6. The molecule has 0 aliphatic carbocycles. The number of nitrogens with zero attached hydrogens (tertiary/aromatic N) is 3. The van der Waals surface area contributed by atoms with E-state index in [1.165, 1.54) is 43.1 Å². The molecule has 0 amide bonds. The van der Waals surface area contributed by atoms with Crippen LogP contribution in [0.25, 0.3) is 82.2 Å². The van der Waals surface area contributed by atoms with Crippen molar-refractivity contribution in [2.24, 2.45) is 0 Å². The summed E-state index contributed by atoms with van der Waals surface area (Å²) in [5.41, 5.74) is 5.21. The predicted octanol–water partition coefficient (Wildman–Crippen LogP) is 9.85. The summed E-state index contributed by atoms with van der Waals surface area (Å²) in [6, 6.07) is 49.4. The quantitative estimate of drug-likeness (QED) is 0.212. The molecule has 0 spiro atoms. The Hall–Kier alpha value is -5.54. The Balaban J connectivity index is 1.57. The third-order valence-corrected chi connectivity index (χ3v) is 8.36. The van der Waals surface area contributed by atoms with Gasteiger partial charge in [0.2, 0.25) is 5.95 Å². The summed E-state index contributed by atoms with van der Waals surface area (Å²) >= 11 is 0. The third kappa shape index (κ3) is 3.14. The molecular weight excluding hydrogens is 498 g/mol. The second kappa shape index (κ2) is 8.48. The third-order valence-electron chi connectivity index (χ3n) is 8.36. The largest absolute Gasteiger partial charge is 0.277 e. The van der Waals surface area contributed by atoms with Gasteiger partial charge in [-0.1, -0.05) is 133 Å². The average Bonchev–Trinajstić information content (AvgIpc) is 3.41. The van der Waals surface area contributed by atoms with E-state index >= 15 is 0 Å². The van der Waals surface area contributed by atoms with E-state index in [4.69, 9.17) is 9.97 Å². The fourth-order valence-electron chi connectivity index (χ4n) is 6.62. The smallest absolute Gasteiger partial charge is 0.235 e. The Labute approximate surface area is 235 Å². The molecule has 2 aromatic heterocycles. The minimum absolute atomic E-state index is 0.680. The highest BCUT2D eigenvalue weighted by Gasteiger charge is 2.22. The lowest BCUT2D eigenvalue weighted by Gasteiger charge is -2.14. The van der Waals surface area contributed by atoms with Crippen LogP contribution in [0.3, 0.4) is 0 Å². The topological polar surface area (TPSA) is 30.7 Å². The summed E-state index contributed by atoms with van der Waals surface area (Å²) in [7, 11) is 0. The van der Waals surface area contributed by atoms with Gasteiger partial charge in [-0.3, -0.25) is 4.57 Å². The summed E-state index contributed by atoms with van der Waals surface area (Å²) in [5, 5.41) is 10.8. The van der Waals surface area contributed by atoms with E-state index < -0.39 is 0 Å². The molecule has 0 fully saturated rings. The number of fused-ring (bicyclic) bond motifs is 11. The fraction of sp³-hybridized carbons (Fsp3) is 0. The lowest BCUT2D eigenvalue weighted by molar-refractivity contribution is 1.02. The van der Waals surface area contributed by atoms with Gasteiger partial charge in [-0.15, -0.1) is 0 Å². The first-order valence-corrected chi connectivity index (χ1v) is 13.9. The van der Waals surface area contributed by atoms with E-state index in [1.54, 1.807) is 0 Å². The first-order valence-electron chi connectivity index (χ1n) is 13.9. The summed E-state index contributed by atoms with van der Waals surface area (Å²) in [6.07, 6.45) is 0. The van der Waals surface area contributed by atoms with Gasteiger partial charge in [0, 0.05) is 32.5 Å². The SMILES string of the molecule is c1ccc(-c2nc(-n3c4c5ccccc5ccc4c4c5ccccc5c5ccccc5c43)nc3ccccc23)cc1. The molecule has 3 heteroatoms. The van der Waals surface area contributed by atoms with Crippen molar-refractivity contribution < 1.29 is 0 Å². The van der Waals surface area contributed by atoms with Gasteiger partial charge < -0.3 is 0 Å². The van der Waals surface area contributed by atoms with Crippen molar-refractivity contribution >= 4 is 65.0 Å². The van der Waals surface area contributed by atoms with E-state index in [2.05, 4.69) is 138 Å². The summed E-state index contributed by atoms with van der Waals surface area (Å²) in [6.45, 7) is 0. The minimum atomic E-state index is 0.680. The molecule has 190 valence electrons. The lowest BCUT2D eigenvalue weighted by atomic mass is 9.96. The molecule has 0 unspecified atom stereocenters. The molecule has 0 saturated carbocycles. The number of benzene rings is 7. The average molecular weight is 522 g/mol. The molecule has 0 aliphatic rings. The molecule has 9 rings (SSSR count). The number of hydrogen-bond donors (Lipinski definition) is 0. The number of hydrogen-bond acceptors (Lipinski definition) is 2. The predicted molar refractivity (Wildman–Crippen MR) is 172 cm³/mol. The molecule has 2 heterocycles. The van der Waals surface area contributed by atoms with Crippen molar-refractivity contribution in [1.82, 2.24) is 14.5 Å². The Bertz CT molecular complexity index is 2470. The highest BCUT2D eigenvalue weighted by molar-refractivity contribution is 6.34. The standard InChI is InChI=1S/C38H23N3/c1-2-13-25(14-3-1)35-31-20-10-11-21-33(31)39-38(40-35)41-36-26-15-5-4-12-24(26)22-23-32(36)34-29-18-8-6-16-27(29)28-17-7-9-19-30(28)37(34)41/h1-23H. The maximum atomic E-state index is 5.36. The summed E-state index contributed by atoms with van der Waals surface area (Å²) < 4.78 is 2.32. The van der Waals surface area contributed by atoms with Crippen LogP contribution in [0.1, 0.15) is 0 Å². The van der Waals surface area contributed by atoms with Crippen molar-refractivity contribution in [2.45, 2.75) is 0 Å². The van der Waals surface area contributed by atoms with Gasteiger partial charge in [-0.2, -0.15) is 0 Å². The van der Waals surface area contributed by atoms with E-state index in [0.717, 1.165) is 33.2 Å². The maximum Gasteiger partial charge on any atom is 0.235 e. The highest BCUT2D eigenvalue weighted by atomic mass is 15.2. The number of para-hydroxylation sites is 1. The molecule has 9 aromatic rings. The van der Waals surface area contributed by atoms with Crippen LogP contribution in [0.2, 0.25) is 0 Å². The van der Waals surface area contributed by atoms with Crippen LogP contribution in [0.4, 0.5) is 0 Å². The van der Waals surface area contributed by atoms with Crippen LogP contribution in [0.15, 0.2) is 140 Å². The zero-order valence-corrected chi connectivity index (χ0v) is 22.1. The second-order valence-corrected chi connectivity index (χ2v) is 10.6. The fourth-order valence-corrected chi connectivity index (χ4v) is 6.62. The molecule has 41 heavy (non-hydrogen) atoms. The Morgan fingerprint density at radius 1 is 0.390 bits per heavy atom. The van der Waals surface area contributed by atoms with Gasteiger partial charge in [-0.25, -0.2) is 9.97 Å². The Morgan fingerprint density at radius 2 is 1.00 bits per heavy atom. The molecule has 0 atom stereocenters. The zero-order chi connectivity index (χ0) is 26.9. The highest BCUT2D eigenvalue weighted by Crippen LogP contribution is 2.44. The first-order chi connectivity index (χ1) is 20.4. The van der Waals surface area contributed by atoms with Crippen molar-refractivity contribution in [3.63, 3.8) is 0 Å². The minimum Gasteiger partial charge on any atom is -0.277 e. The van der Waals surface area contributed by atoms with E-state index in [-0.39, 0.29) is 0 Å². The Kier molecular flexibility index (Phi) is 4.61. The van der Waals surface area contributed by atoms with Crippen molar-refractivity contribution in [3.05, 3.63) is 140 Å². The summed E-state index contributed by atoms with van der Waals surface area (Å²) in [5.74, 6) is 0.680. The molecule has 0 saturated heterocycles. The van der Waals surface area contributed by atoms with Crippen LogP contribution in [0.5, 0.6) is 0 Å². The van der Waals surface area contributed by atoms with Crippen molar-refractivity contribution in [3.8, 4) is 17.2 Å². The van der Waals surface area contributed by atoms with Crippen LogP contribution in [0, 0.1) is 0 Å². The van der Waals surface area contributed by atoms with Crippen molar-refractivity contribution in [2.75, 3.05) is 0 Å². The monoisotopic (exact) mass is 521 g/mol. The molecule has 0 radical (unpaired) electrons. The van der Waals surface area contributed by atoms with E-state index in [9.17, 15) is 0 Å². The lowest BCUT2D eigenvalue weighted by Crippen LogP contribution is -2.04. The normalized spacial score (nSPS) is 11.9. The molecule has 0 bridgehead atoms. The van der Waals surface area contributed by atoms with Gasteiger partial charge in [-0.05, 0) is 27.6 Å². The van der Waals surface area contributed by atoms with Crippen LogP contribution >= 0.6 is 0 Å². The van der Waals surface area contributed by atoms with E-state index in [0.29, 0.717) is 5.95 Å². The first kappa shape index (κ1) is 22.3. The molecule has 3 nitrogen and oxygen atoms in total. The van der Waals surface area contributed by atoms with Gasteiger partial charge in [0.15, 0.2) is 0 Å².